The lowest BCUT2D eigenvalue weighted by Gasteiger charge is -2.40. The first-order valence-electron chi connectivity index (χ1n) is 18.7. The molecule has 2 aliphatic carbocycles. The SMILES string of the molecule is CCCCC(=O)C(=O)C(CCC)CC(=O)[C@@H]1[C@@H]2C(CN1C(=O)[C@@H](CC(=O)CC1(CS(=O)(=O)C(C)(C)C)CCCCC1)C(C)(C)C)C2(C)C. The van der Waals surface area contributed by atoms with Gasteiger partial charge in [0.2, 0.25) is 11.7 Å². The van der Waals surface area contributed by atoms with Crippen LogP contribution >= 0.6 is 0 Å². The van der Waals surface area contributed by atoms with Crippen LogP contribution in [0.2, 0.25) is 0 Å². The summed E-state index contributed by atoms with van der Waals surface area (Å²) in [6, 6.07) is -0.683. The maximum atomic E-state index is 14.5. The van der Waals surface area contributed by atoms with E-state index < -0.39 is 54.9 Å². The highest BCUT2D eigenvalue weighted by Gasteiger charge is 2.69. The minimum Gasteiger partial charge on any atom is -0.332 e. The molecule has 2 unspecified atom stereocenters. The monoisotopic (exact) mass is 691 g/mol. The third-order valence-corrected chi connectivity index (χ3v) is 14.9. The number of rotatable bonds is 17. The Hall–Kier alpha value is -1.90. The summed E-state index contributed by atoms with van der Waals surface area (Å²) in [5.74, 6) is -2.60. The number of amides is 1. The van der Waals surface area contributed by atoms with Crippen LogP contribution in [-0.2, 0) is 33.8 Å². The molecule has 1 aliphatic heterocycles. The van der Waals surface area contributed by atoms with Gasteiger partial charge >= 0.3 is 0 Å². The van der Waals surface area contributed by atoms with E-state index >= 15 is 0 Å². The zero-order valence-electron chi connectivity index (χ0n) is 31.7. The van der Waals surface area contributed by atoms with Gasteiger partial charge in [-0.05, 0) is 74.5 Å². The van der Waals surface area contributed by atoms with Crippen LogP contribution in [0.25, 0.3) is 0 Å². The molecule has 9 heteroatoms. The molecule has 8 nitrogen and oxygen atoms in total. The van der Waals surface area contributed by atoms with Crippen LogP contribution in [0.3, 0.4) is 0 Å². The third kappa shape index (κ3) is 9.06. The number of fused-ring (bicyclic) bond motifs is 1. The fourth-order valence-corrected chi connectivity index (χ4v) is 10.2. The van der Waals surface area contributed by atoms with Gasteiger partial charge in [0.1, 0.15) is 5.78 Å². The lowest BCUT2D eigenvalue weighted by Crippen LogP contribution is -2.51. The van der Waals surface area contributed by atoms with Gasteiger partial charge in [0.25, 0.3) is 0 Å². The molecule has 274 valence electrons. The molecule has 0 bridgehead atoms. The summed E-state index contributed by atoms with van der Waals surface area (Å²) >= 11 is 0. The van der Waals surface area contributed by atoms with Crippen molar-refractivity contribution in [3.05, 3.63) is 0 Å². The van der Waals surface area contributed by atoms with Gasteiger partial charge in [-0.25, -0.2) is 8.42 Å². The highest BCUT2D eigenvalue weighted by Crippen LogP contribution is 2.65. The topological polar surface area (TPSA) is 123 Å². The average molecular weight is 692 g/mol. The van der Waals surface area contributed by atoms with E-state index in [4.69, 9.17) is 0 Å². The van der Waals surface area contributed by atoms with Crippen LogP contribution in [-0.4, -0.2) is 65.4 Å². The quantitative estimate of drug-likeness (QED) is 0.146. The van der Waals surface area contributed by atoms with Gasteiger partial charge in [0, 0.05) is 44.1 Å². The smallest absolute Gasteiger partial charge is 0.227 e. The summed E-state index contributed by atoms with van der Waals surface area (Å²) in [6.07, 6.45) is 7.00. The van der Waals surface area contributed by atoms with Crippen molar-refractivity contribution in [2.45, 2.75) is 163 Å². The van der Waals surface area contributed by atoms with Crippen molar-refractivity contribution >= 4 is 38.9 Å². The maximum Gasteiger partial charge on any atom is 0.227 e. The van der Waals surface area contributed by atoms with Crippen LogP contribution < -0.4 is 0 Å². The number of hydrogen-bond donors (Lipinski definition) is 0. The number of likely N-dealkylation sites (tertiary alicyclic amines) is 1. The summed E-state index contributed by atoms with van der Waals surface area (Å²) in [5, 5.41) is 0. The predicted molar refractivity (Wildman–Crippen MR) is 190 cm³/mol. The van der Waals surface area contributed by atoms with Gasteiger partial charge in [-0.3, -0.25) is 24.0 Å². The van der Waals surface area contributed by atoms with Crippen LogP contribution in [0.4, 0.5) is 0 Å². The second-order valence-corrected chi connectivity index (χ2v) is 20.9. The van der Waals surface area contributed by atoms with Crippen molar-refractivity contribution in [1.82, 2.24) is 4.90 Å². The van der Waals surface area contributed by atoms with E-state index in [1.165, 1.54) is 0 Å². The average Bonchev–Trinajstić information content (AvgIpc) is 3.28. The number of hydrogen-bond acceptors (Lipinski definition) is 7. The van der Waals surface area contributed by atoms with Crippen molar-refractivity contribution in [2.24, 2.45) is 39.9 Å². The molecule has 0 aromatic rings. The van der Waals surface area contributed by atoms with Crippen LogP contribution in [0.5, 0.6) is 0 Å². The molecule has 3 rings (SSSR count). The van der Waals surface area contributed by atoms with E-state index in [1.54, 1.807) is 25.7 Å². The van der Waals surface area contributed by atoms with Crippen molar-refractivity contribution in [3.8, 4) is 0 Å². The van der Waals surface area contributed by atoms with Crippen molar-refractivity contribution in [2.75, 3.05) is 12.3 Å². The van der Waals surface area contributed by atoms with E-state index in [1.807, 2.05) is 34.6 Å². The molecule has 1 amide bonds. The molecule has 1 heterocycles. The van der Waals surface area contributed by atoms with Crippen molar-refractivity contribution in [3.63, 3.8) is 0 Å². The Morgan fingerprint density at radius 1 is 0.875 bits per heavy atom. The Morgan fingerprint density at radius 2 is 1.48 bits per heavy atom. The molecule has 5 atom stereocenters. The minimum absolute atomic E-state index is 0.00133. The standard InChI is InChI=1S/C39H65NO7S/c1-11-13-18-30(42)34(44)26(17-12-2)21-31(43)33-32-29(38(32,9)10)24-40(33)35(45)28(36(3,4)5)22-27(41)23-39(19-15-14-16-20-39)25-48(46,47)37(6,7)8/h26,28-29,32-33H,11-25H2,1-10H3/t26?,28-,29?,32+,33-/m1/s1. The first-order valence-corrected chi connectivity index (χ1v) is 20.3. The number of ketones is 4. The predicted octanol–water partition coefficient (Wildman–Crippen LogP) is 7.35. The third-order valence-electron chi connectivity index (χ3n) is 12.0. The Labute approximate surface area is 291 Å². The number of nitrogens with zero attached hydrogens (tertiary/aromatic N) is 1. The Bertz CT molecular complexity index is 1330. The Balaban J connectivity index is 1.85. The molecule has 48 heavy (non-hydrogen) atoms. The fraction of sp³-hybridized carbons (Fsp3) is 0.872. The molecule has 1 saturated heterocycles. The minimum atomic E-state index is -3.46. The summed E-state index contributed by atoms with van der Waals surface area (Å²) in [5.41, 5.74) is -1.32. The van der Waals surface area contributed by atoms with Crippen LogP contribution in [0.15, 0.2) is 0 Å². The second-order valence-electron chi connectivity index (χ2n) is 18.2. The first-order chi connectivity index (χ1) is 22.0. The van der Waals surface area contributed by atoms with E-state index in [0.29, 0.717) is 38.6 Å². The second kappa shape index (κ2) is 15.1. The van der Waals surface area contributed by atoms with Crippen LogP contribution in [0.1, 0.15) is 153 Å². The molecule has 2 saturated carbocycles. The zero-order chi connectivity index (χ0) is 36.5. The molecule has 0 spiro atoms. The first kappa shape index (κ1) is 40.5. The van der Waals surface area contributed by atoms with Crippen LogP contribution in [0, 0.1) is 39.9 Å². The molecule has 0 radical (unpaired) electrons. The summed E-state index contributed by atoms with van der Waals surface area (Å²) < 4.78 is 25.8. The van der Waals surface area contributed by atoms with Gasteiger partial charge in [-0.2, -0.15) is 0 Å². The molecule has 3 fully saturated rings. The van der Waals surface area contributed by atoms with E-state index in [0.717, 1.165) is 25.7 Å². The number of piperidine rings is 1. The zero-order valence-corrected chi connectivity index (χ0v) is 32.5. The molecular formula is C39H65NO7S. The van der Waals surface area contributed by atoms with Crippen molar-refractivity contribution in [1.29, 1.82) is 0 Å². The lowest BCUT2D eigenvalue weighted by molar-refractivity contribution is -0.148. The van der Waals surface area contributed by atoms with E-state index in [2.05, 4.69) is 13.8 Å². The van der Waals surface area contributed by atoms with Gasteiger partial charge in [0.15, 0.2) is 21.4 Å². The normalized spacial score (nSPS) is 24.8. The van der Waals surface area contributed by atoms with Crippen molar-refractivity contribution < 1.29 is 32.4 Å². The van der Waals surface area contributed by atoms with E-state index in [-0.39, 0.29) is 66.2 Å². The molecule has 0 aromatic carbocycles. The summed E-state index contributed by atoms with van der Waals surface area (Å²) in [6.45, 7) is 19.5. The number of sulfone groups is 1. The number of Topliss-reactive ketones (excluding diaryl/α,β-unsaturated/α-hetero) is 4. The highest BCUT2D eigenvalue weighted by atomic mass is 32.2. The Morgan fingerprint density at radius 3 is 2.00 bits per heavy atom. The van der Waals surface area contributed by atoms with Gasteiger partial charge in [-0.15, -0.1) is 0 Å². The summed E-state index contributed by atoms with van der Waals surface area (Å²) in [7, 11) is -3.46. The van der Waals surface area contributed by atoms with Gasteiger partial charge in [-0.1, -0.05) is 80.6 Å². The number of unbranched alkanes of at least 4 members (excludes halogenated alkanes) is 1. The molecule has 3 aliphatic rings. The largest absolute Gasteiger partial charge is 0.332 e. The molecule has 0 aromatic heterocycles. The molecular weight excluding hydrogens is 626 g/mol. The van der Waals surface area contributed by atoms with Gasteiger partial charge in [0.05, 0.1) is 16.5 Å². The fourth-order valence-electron chi connectivity index (χ4n) is 8.58. The van der Waals surface area contributed by atoms with Gasteiger partial charge < -0.3 is 4.90 Å². The maximum absolute atomic E-state index is 14.5. The number of carbonyl (C=O) groups is 5. The molecule has 0 N–H and O–H groups in total. The summed E-state index contributed by atoms with van der Waals surface area (Å²) in [4.78, 5) is 70.1. The number of carbonyl (C=O) groups excluding carboxylic acids is 5. The van der Waals surface area contributed by atoms with E-state index in [9.17, 15) is 32.4 Å². The Kier molecular flexibility index (Phi) is 12.8. The highest BCUT2D eigenvalue weighted by molar-refractivity contribution is 7.92. The lowest BCUT2D eigenvalue weighted by atomic mass is 9.70.